The smallest absolute Gasteiger partial charge is 0.356 e. The summed E-state index contributed by atoms with van der Waals surface area (Å²) < 4.78 is 10.4. The lowest BCUT2D eigenvalue weighted by atomic mass is 9.97. The molecule has 0 atom stereocenters. The summed E-state index contributed by atoms with van der Waals surface area (Å²) in [6.45, 7) is 6.04. The molecule has 3 rings (SSSR count). The fourth-order valence-corrected chi connectivity index (χ4v) is 2.30. The monoisotopic (exact) mass is 353 g/mol. The second-order valence-corrected chi connectivity index (χ2v) is 6.81. The van der Waals surface area contributed by atoms with Gasteiger partial charge in [-0.25, -0.2) is 14.8 Å². The Labute approximate surface area is 150 Å². The van der Waals surface area contributed by atoms with E-state index in [2.05, 4.69) is 20.0 Å². The quantitative estimate of drug-likeness (QED) is 0.724. The van der Waals surface area contributed by atoms with Crippen molar-refractivity contribution in [2.45, 2.75) is 26.2 Å². The number of rotatable bonds is 3. The van der Waals surface area contributed by atoms with Crippen LogP contribution in [0.3, 0.4) is 0 Å². The average Bonchev–Trinajstić information content (AvgIpc) is 3.05. The van der Waals surface area contributed by atoms with Crippen molar-refractivity contribution in [1.82, 2.24) is 9.97 Å². The molecule has 0 bridgehead atoms. The summed E-state index contributed by atoms with van der Waals surface area (Å²) in [5, 5.41) is 2.75. The summed E-state index contributed by atoms with van der Waals surface area (Å²) in [5.41, 5.74) is 1.84. The number of oxazole rings is 1. The third-order valence-corrected chi connectivity index (χ3v) is 3.66. The van der Waals surface area contributed by atoms with Crippen LogP contribution in [0.2, 0.25) is 0 Å². The first kappa shape index (κ1) is 17.6. The minimum Gasteiger partial charge on any atom is -0.464 e. The Kier molecular flexibility index (Phi) is 4.46. The normalized spacial score (nSPS) is 11.4. The molecule has 0 aliphatic rings. The molecule has 0 saturated carbocycles. The lowest BCUT2D eigenvalue weighted by Gasteiger charge is -2.11. The Balaban J connectivity index is 1.84. The van der Waals surface area contributed by atoms with Crippen LogP contribution < -0.4 is 5.32 Å². The van der Waals surface area contributed by atoms with Crippen molar-refractivity contribution >= 4 is 28.7 Å². The molecule has 134 valence electrons. The van der Waals surface area contributed by atoms with Gasteiger partial charge in [-0.05, 0) is 30.3 Å². The third kappa shape index (κ3) is 3.56. The van der Waals surface area contributed by atoms with E-state index in [9.17, 15) is 9.59 Å². The van der Waals surface area contributed by atoms with Crippen LogP contribution in [0, 0.1) is 0 Å². The van der Waals surface area contributed by atoms with E-state index in [4.69, 9.17) is 4.42 Å². The first-order chi connectivity index (χ1) is 12.3. The number of fused-ring (bicyclic) bond motifs is 1. The van der Waals surface area contributed by atoms with Crippen molar-refractivity contribution in [1.29, 1.82) is 0 Å². The predicted molar refractivity (Wildman–Crippen MR) is 96.2 cm³/mol. The van der Waals surface area contributed by atoms with Crippen molar-refractivity contribution in [2.24, 2.45) is 0 Å². The summed E-state index contributed by atoms with van der Waals surface area (Å²) in [6.07, 6.45) is 0. The number of esters is 1. The number of nitrogens with one attached hydrogen (secondary N) is 1. The molecule has 0 spiro atoms. The molecule has 0 fully saturated rings. The largest absolute Gasteiger partial charge is 0.464 e. The number of carbonyl (C=O) groups is 2. The highest BCUT2D eigenvalue weighted by molar-refractivity contribution is 6.04. The van der Waals surface area contributed by atoms with E-state index in [1.807, 2.05) is 20.8 Å². The predicted octanol–water partition coefficient (Wildman–Crippen LogP) is 3.56. The van der Waals surface area contributed by atoms with Crippen LogP contribution >= 0.6 is 0 Å². The molecule has 3 aromatic rings. The molecule has 26 heavy (non-hydrogen) atoms. The maximum absolute atomic E-state index is 12.4. The van der Waals surface area contributed by atoms with Crippen LogP contribution in [0.25, 0.3) is 11.1 Å². The average molecular weight is 353 g/mol. The van der Waals surface area contributed by atoms with Crippen LogP contribution in [0.15, 0.2) is 40.8 Å². The zero-order valence-corrected chi connectivity index (χ0v) is 15.0. The van der Waals surface area contributed by atoms with E-state index in [1.54, 1.807) is 24.3 Å². The third-order valence-electron chi connectivity index (χ3n) is 3.66. The molecule has 2 heterocycles. The molecule has 1 amide bonds. The van der Waals surface area contributed by atoms with Crippen molar-refractivity contribution in [2.75, 3.05) is 12.4 Å². The molecule has 0 radical (unpaired) electrons. The molecule has 7 nitrogen and oxygen atoms in total. The van der Waals surface area contributed by atoms with Gasteiger partial charge in [-0.2, -0.15) is 0 Å². The molecule has 1 aromatic carbocycles. The Morgan fingerprint density at radius 2 is 1.81 bits per heavy atom. The number of anilines is 1. The summed E-state index contributed by atoms with van der Waals surface area (Å²) in [5.74, 6) is -0.406. The maximum atomic E-state index is 12.4. The number of pyridine rings is 1. The second kappa shape index (κ2) is 6.59. The Morgan fingerprint density at radius 1 is 1.08 bits per heavy atom. The van der Waals surface area contributed by atoms with Crippen LogP contribution in [-0.4, -0.2) is 29.0 Å². The molecule has 1 N–H and O–H groups in total. The molecule has 7 heteroatoms. The topological polar surface area (TPSA) is 94.3 Å². The van der Waals surface area contributed by atoms with Crippen LogP contribution in [-0.2, 0) is 10.2 Å². The number of carbonyl (C=O) groups excluding carboxylic acids is 2. The van der Waals surface area contributed by atoms with Gasteiger partial charge in [0.05, 0.1) is 7.11 Å². The lowest BCUT2D eigenvalue weighted by molar-refractivity contribution is 0.0594. The molecule has 2 aromatic heterocycles. The van der Waals surface area contributed by atoms with E-state index in [-0.39, 0.29) is 16.8 Å². The zero-order valence-electron chi connectivity index (χ0n) is 15.0. The first-order valence-corrected chi connectivity index (χ1v) is 8.06. The number of aromatic nitrogens is 2. The van der Waals surface area contributed by atoms with Gasteiger partial charge in [0.25, 0.3) is 5.91 Å². The molecule has 0 aliphatic carbocycles. The van der Waals surface area contributed by atoms with Crippen molar-refractivity contribution in [3.8, 4) is 0 Å². The van der Waals surface area contributed by atoms with Gasteiger partial charge in [-0.15, -0.1) is 0 Å². The number of ether oxygens (including phenoxy) is 1. The van der Waals surface area contributed by atoms with E-state index in [0.29, 0.717) is 22.7 Å². The van der Waals surface area contributed by atoms with Gasteiger partial charge in [-0.3, -0.25) is 4.79 Å². The number of benzene rings is 1. The Hall–Kier alpha value is -3.22. The summed E-state index contributed by atoms with van der Waals surface area (Å²) in [6, 6.07) is 9.79. The van der Waals surface area contributed by atoms with Crippen molar-refractivity contribution in [3.05, 3.63) is 53.7 Å². The fourth-order valence-electron chi connectivity index (χ4n) is 2.30. The summed E-state index contributed by atoms with van der Waals surface area (Å²) in [4.78, 5) is 32.4. The number of methoxy groups -OCH3 is 1. The van der Waals surface area contributed by atoms with Gasteiger partial charge in [0.1, 0.15) is 16.9 Å². The minimum absolute atomic E-state index is 0.0712. The number of hydrogen-bond acceptors (Lipinski definition) is 6. The Morgan fingerprint density at radius 3 is 2.50 bits per heavy atom. The van der Waals surface area contributed by atoms with Crippen molar-refractivity contribution < 1.29 is 18.7 Å². The van der Waals surface area contributed by atoms with Gasteiger partial charge >= 0.3 is 5.97 Å². The molecule has 0 unspecified atom stereocenters. The minimum atomic E-state index is -0.599. The summed E-state index contributed by atoms with van der Waals surface area (Å²) >= 11 is 0. The fraction of sp³-hybridized carbons (Fsp3) is 0.263. The highest BCUT2D eigenvalue weighted by atomic mass is 16.5. The molecule has 0 saturated heterocycles. The molecular weight excluding hydrogens is 334 g/mol. The number of nitrogens with zero attached hydrogens (tertiary/aromatic N) is 2. The maximum Gasteiger partial charge on any atom is 0.356 e. The van der Waals surface area contributed by atoms with E-state index in [0.717, 1.165) is 0 Å². The van der Waals surface area contributed by atoms with Gasteiger partial charge in [0.15, 0.2) is 5.58 Å². The van der Waals surface area contributed by atoms with Gasteiger partial charge < -0.3 is 14.5 Å². The van der Waals surface area contributed by atoms with Crippen LogP contribution in [0.4, 0.5) is 5.69 Å². The van der Waals surface area contributed by atoms with Gasteiger partial charge in [0, 0.05) is 11.1 Å². The Bertz CT molecular complexity index is 986. The highest BCUT2D eigenvalue weighted by Crippen LogP contribution is 2.27. The number of amides is 1. The van der Waals surface area contributed by atoms with E-state index in [1.165, 1.54) is 19.2 Å². The van der Waals surface area contributed by atoms with E-state index < -0.39 is 11.9 Å². The van der Waals surface area contributed by atoms with Gasteiger partial charge in [0.2, 0.25) is 5.89 Å². The molecule has 0 aliphatic heterocycles. The first-order valence-electron chi connectivity index (χ1n) is 8.06. The standard InChI is InChI=1S/C19H19N3O4/c1-19(2,3)18-22-14-10-11(8-9-15(14)26-18)20-16(23)12-6-5-7-13(21-12)17(24)25-4/h5-10H,1-4H3,(H,20,23). The SMILES string of the molecule is COC(=O)c1cccc(C(=O)Nc2ccc3oc(C(C)(C)C)nc3c2)n1. The highest BCUT2D eigenvalue weighted by Gasteiger charge is 2.21. The van der Waals surface area contributed by atoms with Gasteiger partial charge in [-0.1, -0.05) is 26.8 Å². The second-order valence-electron chi connectivity index (χ2n) is 6.81. The van der Waals surface area contributed by atoms with E-state index >= 15 is 0 Å². The zero-order chi connectivity index (χ0) is 18.9. The van der Waals surface area contributed by atoms with Crippen LogP contribution in [0.5, 0.6) is 0 Å². The number of hydrogen-bond donors (Lipinski definition) is 1. The van der Waals surface area contributed by atoms with Crippen LogP contribution in [0.1, 0.15) is 47.6 Å². The molecular formula is C19H19N3O4. The van der Waals surface area contributed by atoms with Crippen molar-refractivity contribution in [3.63, 3.8) is 0 Å². The lowest BCUT2D eigenvalue weighted by Crippen LogP contribution is -2.16. The summed E-state index contributed by atoms with van der Waals surface area (Å²) in [7, 11) is 1.26.